The second kappa shape index (κ2) is 2.96. The third-order valence-corrected chi connectivity index (χ3v) is 3.85. The quantitative estimate of drug-likeness (QED) is 0.641. The van der Waals surface area contributed by atoms with Gasteiger partial charge in [-0.15, -0.1) is 0 Å². The third-order valence-electron chi connectivity index (χ3n) is 2.69. The van der Waals surface area contributed by atoms with Crippen molar-refractivity contribution in [1.82, 2.24) is 5.32 Å². The summed E-state index contributed by atoms with van der Waals surface area (Å²) in [6, 6.07) is 0. The minimum atomic E-state index is 0.00347. The van der Waals surface area contributed by atoms with Crippen LogP contribution in [0.1, 0.15) is 13.3 Å². The van der Waals surface area contributed by atoms with Crippen LogP contribution in [-0.4, -0.2) is 30.4 Å². The Labute approximate surface area is 72.1 Å². The first-order chi connectivity index (χ1) is 5.31. The maximum absolute atomic E-state index is 5.70. The van der Waals surface area contributed by atoms with E-state index in [1.807, 2.05) is 11.8 Å². The maximum atomic E-state index is 5.70. The first kappa shape index (κ1) is 7.90. The van der Waals surface area contributed by atoms with Crippen molar-refractivity contribution < 1.29 is 4.74 Å². The summed E-state index contributed by atoms with van der Waals surface area (Å²) in [6.07, 6.45) is 1.31. The van der Waals surface area contributed by atoms with E-state index in [0.29, 0.717) is 0 Å². The zero-order valence-electron chi connectivity index (χ0n) is 6.93. The van der Waals surface area contributed by atoms with Crippen molar-refractivity contribution >= 4 is 11.8 Å². The lowest BCUT2D eigenvalue weighted by Crippen LogP contribution is -2.45. The van der Waals surface area contributed by atoms with Gasteiger partial charge in [-0.05, 0) is 19.1 Å². The highest BCUT2D eigenvalue weighted by Crippen LogP contribution is 2.34. The van der Waals surface area contributed by atoms with Crippen LogP contribution in [0.2, 0.25) is 0 Å². The molecule has 0 aliphatic carbocycles. The average molecular weight is 173 g/mol. The highest BCUT2D eigenvalue weighted by Gasteiger charge is 2.39. The molecule has 0 bridgehead atoms. The molecule has 2 aliphatic rings. The summed E-state index contributed by atoms with van der Waals surface area (Å²) >= 11 is 2.05. The Hall–Kier alpha value is 0.270. The first-order valence-electron chi connectivity index (χ1n) is 4.28. The van der Waals surface area contributed by atoms with Gasteiger partial charge in [0.1, 0.15) is 5.72 Å². The van der Waals surface area contributed by atoms with E-state index in [9.17, 15) is 0 Å². The molecule has 0 saturated carbocycles. The van der Waals surface area contributed by atoms with Crippen LogP contribution < -0.4 is 5.32 Å². The van der Waals surface area contributed by atoms with Crippen LogP contribution in [-0.2, 0) is 4.74 Å². The summed E-state index contributed by atoms with van der Waals surface area (Å²) in [5, 5.41) is 3.44. The minimum Gasteiger partial charge on any atom is -0.359 e. The van der Waals surface area contributed by atoms with E-state index in [2.05, 4.69) is 12.2 Å². The molecule has 0 radical (unpaired) electrons. The van der Waals surface area contributed by atoms with Gasteiger partial charge in [-0.2, -0.15) is 11.8 Å². The van der Waals surface area contributed by atoms with Crippen molar-refractivity contribution in [3.8, 4) is 0 Å². The lowest BCUT2D eigenvalue weighted by atomic mass is 9.97. The molecular weight excluding hydrogens is 158 g/mol. The molecule has 2 saturated heterocycles. The molecule has 3 heteroatoms. The molecule has 64 valence electrons. The summed E-state index contributed by atoms with van der Waals surface area (Å²) in [5.74, 6) is 3.31. The second-order valence-corrected chi connectivity index (χ2v) is 4.59. The summed E-state index contributed by atoms with van der Waals surface area (Å²) < 4.78 is 5.70. The molecule has 2 atom stereocenters. The number of hydrogen-bond acceptors (Lipinski definition) is 3. The fraction of sp³-hybridized carbons (Fsp3) is 1.00. The van der Waals surface area contributed by atoms with Crippen LogP contribution >= 0.6 is 11.8 Å². The van der Waals surface area contributed by atoms with Gasteiger partial charge in [0, 0.05) is 18.2 Å². The Bertz CT molecular complexity index is 139. The molecule has 0 aromatic carbocycles. The van der Waals surface area contributed by atoms with Gasteiger partial charge >= 0.3 is 0 Å². The Balaban J connectivity index is 2.00. The van der Waals surface area contributed by atoms with Crippen molar-refractivity contribution in [1.29, 1.82) is 0 Å². The van der Waals surface area contributed by atoms with E-state index < -0.39 is 0 Å². The molecule has 0 amide bonds. The summed E-state index contributed by atoms with van der Waals surface area (Å²) in [6.45, 7) is 4.10. The number of ether oxygens (including phenoxy) is 1. The lowest BCUT2D eigenvalue weighted by molar-refractivity contribution is -0.0345. The molecule has 2 rings (SSSR count). The largest absolute Gasteiger partial charge is 0.359 e. The Morgan fingerprint density at radius 1 is 1.64 bits per heavy atom. The van der Waals surface area contributed by atoms with E-state index in [1.54, 1.807) is 0 Å². The Morgan fingerprint density at radius 3 is 3.09 bits per heavy atom. The van der Waals surface area contributed by atoms with Crippen LogP contribution in [0.4, 0.5) is 0 Å². The third kappa shape index (κ3) is 1.42. The molecule has 2 aliphatic heterocycles. The first-order valence-corrected chi connectivity index (χ1v) is 5.43. The smallest absolute Gasteiger partial charge is 0.120 e. The number of thioether (sulfide) groups is 1. The van der Waals surface area contributed by atoms with E-state index >= 15 is 0 Å². The van der Waals surface area contributed by atoms with E-state index in [1.165, 1.54) is 17.9 Å². The monoisotopic (exact) mass is 173 g/mol. The number of hydrogen-bond donors (Lipinski definition) is 1. The molecule has 2 unspecified atom stereocenters. The van der Waals surface area contributed by atoms with Gasteiger partial charge in [0.2, 0.25) is 0 Å². The van der Waals surface area contributed by atoms with Crippen molar-refractivity contribution in [3.63, 3.8) is 0 Å². The molecule has 1 N–H and O–H groups in total. The predicted octanol–water partition coefficient (Wildman–Crippen LogP) is 1.08. The van der Waals surface area contributed by atoms with Gasteiger partial charge in [0.25, 0.3) is 0 Å². The van der Waals surface area contributed by atoms with E-state index in [4.69, 9.17) is 4.74 Å². The molecule has 2 fully saturated rings. The van der Waals surface area contributed by atoms with Crippen molar-refractivity contribution in [2.24, 2.45) is 5.92 Å². The lowest BCUT2D eigenvalue weighted by Gasteiger charge is -2.29. The summed E-state index contributed by atoms with van der Waals surface area (Å²) in [4.78, 5) is 0. The SMILES string of the molecule is CC1(C2CCSC2)NCCO1. The standard InChI is InChI=1S/C8H15NOS/c1-8(9-3-4-10-8)7-2-5-11-6-7/h7,9H,2-6H2,1H3. The molecule has 0 spiro atoms. The molecule has 2 nitrogen and oxygen atoms in total. The van der Waals surface area contributed by atoms with Crippen LogP contribution in [0.3, 0.4) is 0 Å². The van der Waals surface area contributed by atoms with Crippen molar-refractivity contribution in [3.05, 3.63) is 0 Å². The van der Waals surface area contributed by atoms with E-state index in [0.717, 1.165) is 19.1 Å². The van der Waals surface area contributed by atoms with Crippen molar-refractivity contribution in [2.45, 2.75) is 19.1 Å². The summed E-state index contributed by atoms with van der Waals surface area (Å²) in [5.41, 5.74) is 0.00347. The highest BCUT2D eigenvalue weighted by molar-refractivity contribution is 7.99. The van der Waals surface area contributed by atoms with Crippen molar-refractivity contribution in [2.75, 3.05) is 24.7 Å². The molecule has 0 aromatic heterocycles. The average Bonchev–Trinajstić information content (AvgIpc) is 2.55. The number of rotatable bonds is 1. The molecule has 0 aromatic rings. The van der Waals surface area contributed by atoms with Gasteiger partial charge in [-0.3, -0.25) is 5.32 Å². The number of nitrogens with one attached hydrogen (secondary N) is 1. The molecule has 11 heavy (non-hydrogen) atoms. The van der Waals surface area contributed by atoms with Crippen LogP contribution in [0.15, 0.2) is 0 Å². The maximum Gasteiger partial charge on any atom is 0.120 e. The fourth-order valence-electron chi connectivity index (χ4n) is 1.84. The van der Waals surface area contributed by atoms with E-state index in [-0.39, 0.29) is 5.72 Å². The fourth-order valence-corrected chi connectivity index (χ4v) is 3.23. The normalized spacial score (nSPS) is 45.0. The van der Waals surface area contributed by atoms with Gasteiger partial charge in [-0.25, -0.2) is 0 Å². The van der Waals surface area contributed by atoms with Crippen LogP contribution in [0, 0.1) is 5.92 Å². The zero-order valence-corrected chi connectivity index (χ0v) is 7.75. The highest BCUT2D eigenvalue weighted by atomic mass is 32.2. The van der Waals surface area contributed by atoms with Gasteiger partial charge in [-0.1, -0.05) is 0 Å². The Morgan fingerprint density at radius 2 is 2.55 bits per heavy atom. The predicted molar refractivity (Wildman–Crippen MR) is 47.8 cm³/mol. The second-order valence-electron chi connectivity index (χ2n) is 3.44. The summed E-state index contributed by atoms with van der Waals surface area (Å²) in [7, 11) is 0. The minimum absolute atomic E-state index is 0.00347. The van der Waals surface area contributed by atoms with Crippen LogP contribution in [0.5, 0.6) is 0 Å². The van der Waals surface area contributed by atoms with Gasteiger partial charge < -0.3 is 4.74 Å². The Kier molecular flexibility index (Phi) is 2.12. The topological polar surface area (TPSA) is 21.3 Å². The molecular formula is C8H15NOS. The van der Waals surface area contributed by atoms with Gasteiger partial charge in [0.05, 0.1) is 6.61 Å². The van der Waals surface area contributed by atoms with Gasteiger partial charge in [0.15, 0.2) is 0 Å². The van der Waals surface area contributed by atoms with Crippen LogP contribution in [0.25, 0.3) is 0 Å². The zero-order chi connectivity index (χ0) is 7.73. The molecule has 2 heterocycles.